The van der Waals surface area contributed by atoms with Gasteiger partial charge in [0.05, 0.1) is 5.54 Å². The molecule has 2 aliphatic rings. The number of hydrogen-bond acceptors (Lipinski definition) is 4. The van der Waals surface area contributed by atoms with E-state index in [-0.39, 0.29) is 11.4 Å². The summed E-state index contributed by atoms with van der Waals surface area (Å²) >= 11 is 0. The van der Waals surface area contributed by atoms with Crippen LogP contribution in [0.25, 0.3) is 0 Å². The topological polar surface area (TPSA) is 47.6 Å². The van der Waals surface area contributed by atoms with Gasteiger partial charge in [-0.3, -0.25) is 9.69 Å². The average molecular weight is 268 g/mol. The van der Waals surface area contributed by atoms with Gasteiger partial charge in [-0.1, -0.05) is 0 Å². The second kappa shape index (κ2) is 6.68. The van der Waals surface area contributed by atoms with E-state index in [1.165, 1.54) is 6.42 Å². The molecule has 19 heavy (non-hydrogen) atoms. The van der Waals surface area contributed by atoms with Crippen LogP contribution in [-0.4, -0.2) is 74.1 Å². The first-order chi connectivity index (χ1) is 9.10. The van der Waals surface area contributed by atoms with E-state index in [0.29, 0.717) is 0 Å². The number of rotatable bonds is 4. The highest BCUT2D eigenvalue weighted by molar-refractivity contribution is 5.85. The van der Waals surface area contributed by atoms with Crippen molar-refractivity contribution in [2.24, 2.45) is 0 Å². The number of piperazine rings is 1. The summed E-state index contributed by atoms with van der Waals surface area (Å²) in [4.78, 5) is 17.0. The number of carbonyl (C=O) groups excluding carboxylic acids is 1. The van der Waals surface area contributed by atoms with Crippen LogP contribution in [0.5, 0.6) is 0 Å². The van der Waals surface area contributed by atoms with Gasteiger partial charge in [0.1, 0.15) is 0 Å². The van der Waals surface area contributed by atoms with E-state index < -0.39 is 0 Å². The quantitative estimate of drug-likeness (QED) is 0.746. The first kappa shape index (κ1) is 14.8. The van der Waals surface area contributed by atoms with Crippen LogP contribution in [0.4, 0.5) is 0 Å². The van der Waals surface area contributed by atoms with Gasteiger partial charge in [-0.2, -0.15) is 0 Å². The minimum absolute atomic E-state index is 0.168. The summed E-state index contributed by atoms with van der Waals surface area (Å²) < 4.78 is 0. The highest BCUT2D eigenvalue weighted by Crippen LogP contribution is 2.18. The van der Waals surface area contributed by atoms with Crippen LogP contribution in [-0.2, 0) is 4.79 Å². The molecule has 0 aromatic rings. The Hall–Kier alpha value is -0.650. The normalized spacial score (nSPS) is 30.2. The van der Waals surface area contributed by atoms with Crippen molar-refractivity contribution >= 4 is 5.91 Å². The Bertz CT molecular complexity index is 294. The summed E-state index contributed by atoms with van der Waals surface area (Å²) in [6.45, 7) is 9.21. The number of nitrogens with one attached hydrogen (secondary N) is 2. The van der Waals surface area contributed by atoms with Crippen LogP contribution >= 0.6 is 0 Å². The zero-order valence-electron chi connectivity index (χ0n) is 12.4. The minimum atomic E-state index is -0.347. The number of hydrogen-bond donors (Lipinski definition) is 2. The maximum atomic E-state index is 12.2. The lowest BCUT2D eigenvalue weighted by molar-refractivity contribution is -0.128. The van der Waals surface area contributed by atoms with Crippen molar-refractivity contribution in [1.82, 2.24) is 20.4 Å². The maximum Gasteiger partial charge on any atom is 0.240 e. The number of amides is 1. The van der Waals surface area contributed by atoms with Crippen molar-refractivity contribution in [2.75, 3.05) is 52.9 Å². The average Bonchev–Trinajstić information content (AvgIpc) is 2.42. The van der Waals surface area contributed by atoms with Crippen molar-refractivity contribution in [3.63, 3.8) is 0 Å². The zero-order valence-corrected chi connectivity index (χ0v) is 12.4. The molecule has 2 aliphatic heterocycles. The second-order valence-electron chi connectivity index (χ2n) is 6.12. The van der Waals surface area contributed by atoms with Crippen LogP contribution in [0, 0.1) is 0 Å². The summed E-state index contributed by atoms with van der Waals surface area (Å²) in [7, 11) is 2.16. The third kappa shape index (κ3) is 4.16. The van der Waals surface area contributed by atoms with Gasteiger partial charge in [-0.05, 0) is 39.8 Å². The smallest absolute Gasteiger partial charge is 0.240 e. The molecule has 5 heteroatoms. The third-order valence-corrected chi connectivity index (χ3v) is 4.43. The fourth-order valence-corrected chi connectivity index (χ4v) is 2.84. The van der Waals surface area contributed by atoms with E-state index in [4.69, 9.17) is 0 Å². The molecule has 110 valence electrons. The molecule has 1 amide bonds. The SMILES string of the molecule is CN1CCN(CCNC(=O)C2(C)CCCCN2)CC1. The lowest BCUT2D eigenvalue weighted by Gasteiger charge is -2.35. The molecule has 0 spiro atoms. The van der Waals surface area contributed by atoms with Crippen LogP contribution < -0.4 is 10.6 Å². The summed E-state index contributed by atoms with van der Waals surface area (Å²) in [5, 5.41) is 6.45. The Balaban J connectivity index is 1.66. The van der Waals surface area contributed by atoms with Gasteiger partial charge < -0.3 is 15.5 Å². The molecule has 0 radical (unpaired) electrons. The van der Waals surface area contributed by atoms with Gasteiger partial charge >= 0.3 is 0 Å². The lowest BCUT2D eigenvalue weighted by atomic mass is 9.90. The molecule has 2 saturated heterocycles. The van der Waals surface area contributed by atoms with Crippen molar-refractivity contribution in [3.05, 3.63) is 0 Å². The fourth-order valence-electron chi connectivity index (χ4n) is 2.84. The summed E-state index contributed by atoms with van der Waals surface area (Å²) in [5.41, 5.74) is -0.347. The number of likely N-dealkylation sites (N-methyl/N-ethyl adjacent to an activating group) is 1. The lowest BCUT2D eigenvalue weighted by Crippen LogP contribution is -2.57. The Labute approximate surface area is 116 Å². The van der Waals surface area contributed by atoms with Crippen LogP contribution in [0.2, 0.25) is 0 Å². The van der Waals surface area contributed by atoms with Crippen LogP contribution in [0.3, 0.4) is 0 Å². The summed E-state index contributed by atoms with van der Waals surface area (Å²) in [6.07, 6.45) is 3.28. The standard InChI is InChI=1S/C14H28N4O/c1-14(5-3-4-6-16-14)13(19)15-7-8-18-11-9-17(2)10-12-18/h16H,3-12H2,1-2H3,(H,15,19). The summed E-state index contributed by atoms with van der Waals surface area (Å²) in [6, 6.07) is 0. The highest BCUT2D eigenvalue weighted by atomic mass is 16.2. The largest absolute Gasteiger partial charge is 0.353 e. The molecule has 1 atom stereocenters. The predicted molar refractivity (Wildman–Crippen MR) is 77.2 cm³/mol. The van der Waals surface area contributed by atoms with Gasteiger partial charge in [0, 0.05) is 39.3 Å². The predicted octanol–water partition coefficient (Wildman–Crippen LogP) is -0.118. The Kier molecular flexibility index (Phi) is 5.19. The van der Waals surface area contributed by atoms with E-state index in [1.807, 2.05) is 6.92 Å². The second-order valence-corrected chi connectivity index (χ2v) is 6.12. The molecule has 0 aromatic heterocycles. The molecule has 5 nitrogen and oxygen atoms in total. The van der Waals surface area contributed by atoms with Gasteiger partial charge in [-0.15, -0.1) is 0 Å². The molecular weight excluding hydrogens is 240 g/mol. The fraction of sp³-hybridized carbons (Fsp3) is 0.929. The van der Waals surface area contributed by atoms with Crippen LogP contribution in [0.15, 0.2) is 0 Å². The maximum absolute atomic E-state index is 12.2. The molecular formula is C14H28N4O. The number of carbonyl (C=O) groups is 1. The number of nitrogens with zero attached hydrogens (tertiary/aromatic N) is 2. The van der Waals surface area contributed by atoms with E-state index in [9.17, 15) is 4.79 Å². The van der Waals surface area contributed by atoms with E-state index in [0.717, 1.165) is 58.7 Å². The first-order valence-electron chi connectivity index (χ1n) is 7.54. The van der Waals surface area contributed by atoms with E-state index in [1.54, 1.807) is 0 Å². The first-order valence-corrected chi connectivity index (χ1v) is 7.54. The van der Waals surface area contributed by atoms with Gasteiger partial charge in [-0.25, -0.2) is 0 Å². The molecule has 2 rings (SSSR count). The Morgan fingerprint density at radius 3 is 2.63 bits per heavy atom. The molecule has 0 saturated carbocycles. The molecule has 2 heterocycles. The van der Waals surface area contributed by atoms with Gasteiger partial charge in [0.2, 0.25) is 5.91 Å². The van der Waals surface area contributed by atoms with E-state index >= 15 is 0 Å². The summed E-state index contributed by atoms with van der Waals surface area (Å²) in [5.74, 6) is 0.168. The highest BCUT2D eigenvalue weighted by Gasteiger charge is 2.33. The van der Waals surface area contributed by atoms with Crippen molar-refractivity contribution in [2.45, 2.75) is 31.7 Å². The molecule has 0 aromatic carbocycles. The van der Waals surface area contributed by atoms with Crippen LogP contribution in [0.1, 0.15) is 26.2 Å². The Morgan fingerprint density at radius 1 is 1.26 bits per heavy atom. The monoisotopic (exact) mass is 268 g/mol. The van der Waals surface area contributed by atoms with Crippen molar-refractivity contribution < 1.29 is 4.79 Å². The van der Waals surface area contributed by atoms with Crippen molar-refractivity contribution in [1.29, 1.82) is 0 Å². The molecule has 1 unspecified atom stereocenters. The van der Waals surface area contributed by atoms with E-state index in [2.05, 4.69) is 27.5 Å². The zero-order chi connectivity index (χ0) is 13.7. The van der Waals surface area contributed by atoms with Gasteiger partial charge in [0.25, 0.3) is 0 Å². The third-order valence-electron chi connectivity index (χ3n) is 4.43. The van der Waals surface area contributed by atoms with Crippen molar-refractivity contribution in [3.8, 4) is 0 Å². The Morgan fingerprint density at radius 2 is 2.00 bits per heavy atom. The molecule has 0 aliphatic carbocycles. The van der Waals surface area contributed by atoms with Gasteiger partial charge in [0.15, 0.2) is 0 Å². The minimum Gasteiger partial charge on any atom is -0.353 e. The molecule has 0 bridgehead atoms. The number of piperidine rings is 1. The molecule has 2 N–H and O–H groups in total. The molecule has 2 fully saturated rings.